The van der Waals surface area contributed by atoms with Crippen molar-refractivity contribution in [3.63, 3.8) is 0 Å². The first-order valence-electron chi connectivity index (χ1n) is 6.28. The molecule has 0 aliphatic carbocycles. The number of rotatable bonds is 0. The van der Waals surface area contributed by atoms with E-state index in [1.54, 1.807) is 0 Å². The van der Waals surface area contributed by atoms with Gasteiger partial charge in [-0.15, -0.1) is 0 Å². The molecule has 2 aromatic rings. The molecule has 0 spiro atoms. The minimum absolute atomic E-state index is 0.0225. The van der Waals surface area contributed by atoms with E-state index in [0.29, 0.717) is 17.1 Å². The molecule has 0 atom stereocenters. The van der Waals surface area contributed by atoms with Crippen LogP contribution in [0.3, 0.4) is 0 Å². The van der Waals surface area contributed by atoms with E-state index < -0.39 is 0 Å². The van der Waals surface area contributed by atoms with Crippen molar-refractivity contribution in [2.24, 2.45) is 0 Å². The number of hydrogen-bond donors (Lipinski definition) is 0. The van der Waals surface area contributed by atoms with Gasteiger partial charge in [-0.2, -0.15) is 0 Å². The molecule has 0 saturated carbocycles. The highest BCUT2D eigenvalue weighted by Crippen LogP contribution is 2.36. The van der Waals surface area contributed by atoms with Gasteiger partial charge in [0, 0.05) is 10.9 Å². The number of benzene rings is 1. The van der Waals surface area contributed by atoms with Crippen LogP contribution in [-0.2, 0) is 6.54 Å². The number of halogens is 1. The smallest absolute Gasteiger partial charge is 0.258 e. The van der Waals surface area contributed by atoms with Gasteiger partial charge in [-0.1, -0.05) is 29.8 Å². The van der Waals surface area contributed by atoms with Crippen molar-refractivity contribution in [2.75, 3.05) is 0 Å². The number of carbonyl (C=O) groups is 1. The van der Waals surface area contributed by atoms with Gasteiger partial charge in [0.1, 0.15) is 0 Å². The van der Waals surface area contributed by atoms with E-state index in [2.05, 4.69) is 4.98 Å². The molecular weight excluding hydrogens is 260 g/mol. The van der Waals surface area contributed by atoms with Crippen molar-refractivity contribution >= 4 is 28.4 Å². The van der Waals surface area contributed by atoms with Gasteiger partial charge in [-0.3, -0.25) is 4.79 Å². The number of pyridine rings is 1. The molecular formula is C15H15ClN2O. The SMILES string of the molecule is CC(C)(C)N1Cc2nc3ccccc3c(Cl)c2C1=O. The van der Waals surface area contributed by atoms with Crippen LogP contribution in [0.1, 0.15) is 36.8 Å². The molecule has 1 aliphatic heterocycles. The van der Waals surface area contributed by atoms with E-state index in [9.17, 15) is 4.79 Å². The standard InChI is InChI=1S/C15H15ClN2O/c1-15(2,3)18-8-11-12(14(18)19)13(16)9-6-4-5-7-10(9)17-11/h4-7H,8H2,1-3H3. The van der Waals surface area contributed by atoms with Crippen molar-refractivity contribution < 1.29 is 4.79 Å². The van der Waals surface area contributed by atoms with Gasteiger partial charge in [-0.05, 0) is 26.8 Å². The van der Waals surface area contributed by atoms with Crippen molar-refractivity contribution in [1.29, 1.82) is 0 Å². The molecule has 98 valence electrons. The Labute approximate surface area is 117 Å². The average molecular weight is 275 g/mol. The van der Waals surface area contributed by atoms with Crippen molar-refractivity contribution in [1.82, 2.24) is 9.88 Å². The summed E-state index contributed by atoms with van der Waals surface area (Å²) in [5, 5.41) is 1.37. The third-order valence-corrected chi connectivity index (χ3v) is 3.87. The number of para-hydroxylation sites is 1. The highest BCUT2D eigenvalue weighted by molar-refractivity contribution is 6.38. The van der Waals surface area contributed by atoms with Crippen molar-refractivity contribution in [3.8, 4) is 0 Å². The number of nitrogens with zero attached hydrogens (tertiary/aromatic N) is 2. The molecule has 0 saturated heterocycles. The Morgan fingerprint density at radius 3 is 2.63 bits per heavy atom. The summed E-state index contributed by atoms with van der Waals surface area (Å²) in [5.41, 5.74) is 1.96. The Hall–Kier alpha value is -1.61. The Kier molecular flexibility index (Phi) is 2.58. The molecule has 0 unspecified atom stereocenters. The number of hydrogen-bond acceptors (Lipinski definition) is 2. The number of amides is 1. The summed E-state index contributed by atoms with van der Waals surface area (Å²) in [7, 11) is 0. The summed E-state index contributed by atoms with van der Waals surface area (Å²) >= 11 is 6.41. The fraction of sp³-hybridized carbons (Fsp3) is 0.333. The van der Waals surface area contributed by atoms with Crippen LogP contribution < -0.4 is 0 Å². The van der Waals surface area contributed by atoms with E-state index in [0.717, 1.165) is 16.6 Å². The predicted octanol–water partition coefficient (Wildman–Crippen LogP) is 3.64. The lowest BCUT2D eigenvalue weighted by Gasteiger charge is -2.31. The second-order valence-corrected chi connectivity index (χ2v) is 6.20. The Morgan fingerprint density at radius 1 is 1.26 bits per heavy atom. The molecule has 19 heavy (non-hydrogen) atoms. The van der Waals surface area contributed by atoms with Gasteiger partial charge in [-0.25, -0.2) is 4.98 Å². The zero-order chi connectivity index (χ0) is 13.8. The quantitative estimate of drug-likeness (QED) is 0.735. The Morgan fingerprint density at radius 2 is 1.95 bits per heavy atom. The third kappa shape index (κ3) is 1.80. The molecule has 1 aromatic heterocycles. The molecule has 0 bridgehead atoms. The second kappa shape index (κ2) is 3.94. The van der Waals surface area contributed by atoms with Crippen LogP contribution in [0.4, 0.5) is 0 Å². The zero-order valence-electron chi connectivity index (χ0n) is 11.2. The topological polar surface area (TPSA) is 33.2 Å². The lowest BCUT2D eigenvalue weighted by molar-refractivity contribution is 0.0608. The summed E-state index contributed by atoms with van der Waals surface area (Å²) < 4.78 is 0. The van der Waals surface area contributed by atoms with Crippen LogP contribution in [0.5, 0.6) is 0 Å². The Balaban J connectivity index is 2.24. The van der Waals surface area contributed by atoms with Gasteiger partial charge < -0.3 is 4.90 Å². The summed E-state index contributed by atoms with van der Waals surface area (Å²) in [5.74, 6) is -0.0225. The normalized spacial score (nSPS) is 15.2. The summed E-state index contributed by atoms with van der Waals surface area (Å²) in [4.78, 5) is 18.9. The largest absolute Gasteiger partial charge is 0.328 e. The lowest BCUT2D eigenvalue weighted by Crippen LogP contribution is -2.41. The van der Waals surface area contributed by atoms with Crippen LogP contribution in [-0.4, -0.2) is 21.3 Å². The van der Waals surface area contributed by atoms with E-state index in [4.69, 9.17) is 11.6 Å². The average Bonchev–Trinajstić information content (AvgIpc) is 2.67. The van der Waals surface area contributed by atoms with Crippen LogP contribution >= 0.6 is 11.6 Å². The van der Waals surface area contributed by atoms with Crippen LogP contribution in [0.25, 0.3) is 10.9 Å². The van der Waals surface area contributed by atoms with Crippen molar-refractivity contribution in [2.45, 2.75) is 32.9 Å². The summed E-state index contributed by atoms with van der Waals surface area (Å²) in [6.45, 7) is 6.58. The van der Waals surface area contributed by atoms with E-state index in [1.807, 2.05) is 49.9 Å². The van der Waals surface area contributed by atoms with Gasteiger partial charge in [0.25, 0.3) is 5.91 Å². The number of fused-ring (bicyclic) bond motifs is 2. The van der Waals surface area contributed by atoms with Crippen LogP contribution in [0, 0.1) is 0 Å². The summed E-state index contributed by atoms with van der Waals surface area (Å²) in [6.07, 6.45) is 0. The van der Waals surface area contributed by atoms with Crippen molar-refractivity contribution in [3.05, 3.63) is 40.5 Å². The minimum atomic E-state index is -0.229. The molecule has 4 heteroatoms. The molecule has 3 nitrogen and oxygen atoms in total. The van der Waals surface area contributed by atoms with E-state index >= 15 is 0 Å². The minimum Gasteiger partial charge on any atom is -0.328 e. The molecule has 0 N–H and O–H groups in total. The van der Waals surface area contributed by atoms with Gasteiger partial charge >= 0.3 is 0 Å². The van der Waals surface area contributed by atoms with Gasteiger partial charge in [0.15, 0.2) is 0 Å². The monoisotopic (exact) mass is 274 g/mol. The second-order valence-electron chi connectivity index (χ2n) is 5.83. The first-order valence-corrected chi connectivity index (χ1v) is 6.66. The fourth-order valence-electron chi connectivity index (χ4n) is 2.45. The highest BCUT2D eigenvalue weighted by Gasteiger charge is 2.37. The third-order valence-electron chi connectivity index (χ3n) is 3.48. The first-order chi connectivity index (χ1) is 8.89. The number of aromatic nitrogens is 1. The zero-order valence-corrected chi connectivity index (χ0v) is 12.0. The highest BCUT2D eigenvalue weighted by atomic mass is 35.5. The maximum atomic E-state index is 12.5. The van der Waals surface area contributed by atoms with Gasteiger partial charge in [0.2, 0.25) is 0 Å². The summed E-state index contributed by atoms with van der Waals surface area (Å²) in [6, 6.07) is 7.66. The Bertz CT molecular complexity index is 688. The molecule has 1 amide bonds. The molecule has 0 fully saturated rings. The maximum absolute atomic E-state index is 12.5. The van der Waals surface area contributed by atoms with Crippen LogP contribution in [0.15, 0.2) is 24.3 Å². The lowest BCUT2D eigenvalue weighted by atomic mass is 10.1. The van der Waals surface area contributed by atoms with E-state index in [1.165, 1.54) is 0 Å². The first kappa shape index (κ1) is 12.4. The number of carbonyl (C=O) groups excluding carboxylic acids is 1. The van der Waals surface area contributed by atoms with Crippen LogP contribution in [0.2, 0.25) is 5.02 Å². The van der Waals surface area contributed by atoms with Gasteiger partial charge in [0.05, 0.1) is 28.3 Å². The fourth-order valence-corrected chi connectivity index (χ4v) is 2.80. The molecule has 1 aromatic carbocycles. The predicted molar refractivity (Wildman–Crippen MR) is 76.4 cm³/mol. The van der Waals surface area contributed by atoms with E-state index in [-0.39, 0.29) is 11.4 Å². The maximum Gasteiger partial charge on any atom is 0.258 e. The molecule has 0 radical (unpaired) electrons. The molecule has 2 heterocycles. The molecule has 3 rings (SSSR count). The molecule has 1 aliphatic rings.